The Balaban J connectivity index is 0.00000261. The Bertz CT molecular complexity index is 873. The van der Waals surface area contributed by atoms with Crippen molar-refractivity contribution in [2.24, 2.45) is 4.99 Å². The van der Waals surface area contributed by atoms with Crippen molar-refractivity contribution in [2.45, 2.75) is 26.3 Å². The zero-order valence-electron chi connectivity index (χ0n) is 15.6. The molecule has 5 nitrogen and oxygen atoms in total. The lowest BCUT2D eigenvalue weighted by molar-refractivity contribution is 0.617. The molecule has 144 valence electrons. The molecule has 2 aromatic carbocycles. The monoisotopic (exact) mass is 481 g/mol. The van der Waals surface area contributed by atoms with Crippen LogP contribution in [-0.2, 0) is 13.0 Å². The van der Waals surface area contributed by atoms with Gasteiger partial charge >= 0.3 is 0 Å². The van der Waals surface area contributed by atoms with E-state index in [9.17, 15) is 4.39 Å². The van der Waals surface area contributed by atoms with Crippen LogP contribution >= 0.6 is 24.0 Å². The average molecular weight is 481 g/mol. The molecule has 3 aromatic rings. The summed E-state index contributed by atoms with van der Waals surface area (Å²) in [5.41, 5.74) is 3.75. The summed E-state index contributed by atoms with van der Waals surface area (Å²) in [4.78, 5) is 12.1. The lowest BCUT2D eigenvalue weighted by atomic mass is 10.1. The fourth-order valence-corrected chi connectivity index (χ4v) is 2.81. The fraction of sp³-hybridized carbons (Fsp3) is 0.300. The zero-order chi connectivity index (χ0) is 18.4. The van der Waals surface area contributed by atoms with Crippen LogP contribution < -0.4 is 10.6 Å². The third kappa shape index (κ3) is 5.92. The number of imidazole rings is 1. The second-order valence-corrected chi connectivity index (χ2v) is 6.24. The topological polar surface area (TPSA) is 65.1 Å². The van der Waals surface area contributed by atoms with Crippen LogP contribution in [0.25, 0.3) is 11.0 Å². The lowest BCUT2D eigenvalue weighted by Gasteiger charge is -2.12. The number of H-pyrrole nitrogens is 1. The van der Waals surface area contributed by atoms with Crippen molar-refractivity contribution >= 4 is 41.0 Å². The van der Waals surface area contributed by atoms with Crippen molar-refractivity contribution in [3.05, 3.63) is 65.2 Å². The van der Waals surface area contributed by atoms with Crippen LogP contribution in [0.2, 0.25) is 0 Å². The minimum atomic E-state index is -0.179. The Hall–Kier alpha value is -2.16. The summed E-state index contributed by atoms with van der Waals surface area (Å²) < 4.78 is 13.3. The first-order valence-electron chi connectivity index (χ1n) is 8.79. The number of aromatic nitrogens is 2. The molecule has 0 spiro atoms. The Morgan fingerprint density at radius 1 is 1.19 bits per heavy atom. The molecule has 3 N–H and O–H groups in total. The van der Waals surface area contributed by atoms with Crippen molar-refractivity contribution < 1.29 is 4.39 Å². The van der Waals surface area contributed by atoms with E-state index in [1.54, 1.807) is 20.0 Å². The molecule has 0 saturated carbocycles. The van der Waals surface area contributed by atoms with Crippen LogP contribution in [0.5, 0.6) is 0 Å². The maximum atomic E-state index is 13.3. The first-order chi connectivity index (χ1) is 12.7. The van der Waals surface area contributed by atoms with Gasteiger partial charge in [0.1, 0.15) is 11.6 Å². The van der Waals surface area contributed by atoms with Crippen molar-refractivity contribution in [1.82, 2.24) is 20.6 Å². The number of benzene rings is 2. The first-order valence-corrected chi connectivity index (χ1v) is 8.79. The van der Waals surface area contributed by atoms with Gasteiger partial charge in [0.05, 0.1) is 11.0 Å². The maximum absolute atomic E-state index is 13.3. The van der Waals surface area contributed by atoms with Crippen molar-refractivity contribution in [2.75, 3.05) is 13.6 Å². The number of rotatable bonds is 6. The predicted molar refractivity (Wildman–Crippen MR) is 119 cm³/mol. The Morgan fingerprint density at radius 3 is 2.74 bits per heavy atom. The standard InChI is InChI=1S/C20H24FN5.HI/c1-14-12-15(9-10-16(14)21)13-24-20(22-2)23-11-5-8-19-25-17-6-3-4-7-18(17)26-19;/h3-4,6-7,9-10,12H,5,8,11,13H2,1-2H3,(H,25,26)(H2,22,23,24);1H. The number of hydrogen-bond donors (Lipinski definition) is 3. The summed E-state index contributed by atoms with van der Waals surface area (Å²) >= 11 is 0. The summed E-state index contributed by atoms with van der Waals surface area (Å²) in [6.07, 6.45) is 1.81. The van der Waals surface area contributed by atoms with Gasteiger partial charge in [0.15, 0.2) is 5.96 Å². The highest BCUT2D eigenvalue weighted by molar-refractivity contribution is 14.0. The van der Waals surface area contributed by atoms with Gasteiger partial charge in [-0.05, 0) is 42.7 Å². The first kappa shape index (κ1) is 21.1. The van der Waals surface area contributed by atoms with Crippen molar-refractivity contribution in [3.8, 4) is 0 Å². The molecule has 0 aliphatic heterocycles. The van der Waals surface area contributed by atoms with E-state index in [1.807, 2.05) is 30.3 Å². The number of para-hydroxylation sites is 2. The molecule has 0 aliphatic carbocycles. The van der Waals surface area contributed by atoms with Gasteiger partial charge in [-0.1, -0.05) is 24.3 Å². The lowest BCUT2D eigenvalue weighted by Crippen LogP contribution is -2.37. The molecule has 0 saturated heterocycles. The third-order valence-electron chi connectivity index (χ3n) is 4.23. The van der Waals surface area contributed by atoms with E-state index < -0.39 is 0 Å². The molecular weight excluding hydrogens is 456 g/mol. The SMILES string of the molecule is CN=C(NCCCc1nc2ccccc2[nH]1)NCc1ccc(F)c(C)c1.I. The summed E-state index contributed by atoms with van der Waals surface area (Å²) in [6.45, 7) is 3.16. The number of guanidine groups is 1. The second kappa shape index (κ2) is 10.2. The maximum Gasteiger partial charge on any atom is 0.191 e. The van der Waals surface area contributed by atoms with Gasteiger partial charge in [-0.15, -0.1) is 24.0 Å². The van der Waals surface area contributed by atoms with Crippen molar-refractivity contribution in [1.29, 1.82) is 0 Å². The molecule has 0 fully saturated rings. The van der Waals surface area contributed by atoms with Crippen molar-refractivity contribution in [3.63, 3.8) is 0 Å². The van der Waals surface area contributed by atoms with E-state index in [0.29, 0.717) is 12.1 Å². The number of nitrogens with one attached hydrogen (secondary N) is 3. The quantitative estimate of drug-likeness (QED) is 0.217. The number of aromatic amines is 1. The molecule has 7 heteroatoms. The van der Waals surface area contributed by atoms with Gasteiger partial charge in [0.25, 0.3) is 0 Å². The van der Waals surface area contributed by atoms with E-state index >= 15 is 0 Å². The van der Waals surface area contributed by atoms with E-state index in [2.05, 4.69) is 25.6 Å². The number of aryl methyl sites for hydroxylation is 2. The van der Waals surface area contributed by atoms with E-state index in [0.717, 1.165) is 47.8 Å². The molecule has 0 unspecified atom stereocenters. The van der Waals surface area contributed by atoms with Crippen LogP contribution in [0.3, 0.4) is 0 Å². The van der Waals surface area contributed by atoms with E-state index in [4.69, 9.17) is 0 Å². The molecule has 3 rings (SSSR count). The molecule has 27 heavy (non-hydrogen) atoms. The molecule has 0 atom stereocenters. The van der Waals surface area contributed by atoms with Gasteiger partial charge in [-0.25, -0.2) is 9.37 Å². The highest BCUT2D eigenvalue weighted by atomic mass is 127. The normalized spacial score (nSPS) is 11.3. The third-order valence-corrected chi connectivity index (χ3v) is 4.23. The average Bonchev–Trinajstić information content (AvgIpc) is 3.06. The Morgan fingerprint density at radius 2 is 2.00 bits per heavy atom. The van der Waals surface area contributed by atoms with Gasteiger partial charge in [-0.2, -0.15) is 0 Å². The van der Waals surface area contributed by atoms with Crippen LogP contribution in [0.1, 0.15) is 23.4 Å². The van der Waals surface area contributed by atoms with Gasteiger partial charge < -0.3 is 15.6 Å². The number of aliphatic imine (C=N–C) groups is 1. The van der Waals surface area contributed by atoms with Crippen LogP contribution in [0.15, 0.2) is 47.5 Å². The smallest absolute Gasteiger partial charge is 0.191 e. The molecular formula is C20H25FIN5. The largest absolute Gasteiger partial charge is 0.356 e. The number of halogens is 2. The Kier molecular flexibility index (Phi) is 8.02. The fourth-order valence-electron chi connectivity index (χ4n) is 2.81. The minimum absolute atomic E-state index is 0. The van der Waals surface area contributed by atoms with Gasteiger partial charge in [0.2, 0.25) is 0 Å². The predicted octanol–water partition coefficient (Wildman–Crippen LogP) is 3.93. The molecule has 0 amide bonds. The Labute approximate surface area is 175 Å². The molecule has 1 aromatic heterocycles. The molecule has 0 bridgehead atoms. The molecule has 0 aliphatic rings. The van der Waals surface area contributed by atoms with E-state index in [-0.39, 0.29) is 29.8 Å². The summed E-state index contributed by atoms with van der Waals surface area (Å²) in [6, 6.07) is 13.2. The number of fused-ring (bicyclic) bond motifs is 1. The molecule has 1 heterocycles. The highest BCUT2D eigenvalue weighted by Gasteiger charge is 2.03. The summed E-state index contributed by atoms with van der Waals surface area (Å²) in [7, 11) is 1.74. The van der Waals surface area contributed by atoms with Crippen LogP contribution in [0, 0.1) is 12.7 Å². The van der Waals surface area contributed by atoms with E-state index in [1.165, 1.54) is 6.07 Å². The van der Waals surface area contributed by atoms with Gasteiger partial charge in [0, 0.05) is 26.6 Å². The van der Waals surface area contributed by atoms with Crippen LogP contribution in [0.4, 0.5) is 4.39 Å². The number of hydrogen-bond acceptors (Lipinski definition) is 2. The minimum Gasteiger partial charge on any atom is -0.356 e. The highest BCUT2D eigenvalue weighted by Crippen LogP contribution is 2.11. The zero-order valence-corrected chi connectivity index (χ0v) is 17.9. The summed E-state index contributed by atoms with van der Waals surface area (Å²) in [5, 5.41) is 6.54. The van der Waals surface area contributed by atoms with Crippen LogP contribution in [-0.4, -0.2) is 29.5 Å². The number of nitrogens with zero attached hydrogens (tertiary/aromatic N) is 2. The molecule has 0 radical (unpaired) electrons. The second-order valence-electron chi connectivity index (χ2n) is 6.24. The van der Waals surface area contributed by atoms with Gasteiger partial charge in [-0.3, -0.25) is 4.99 Å². The summed E-state index contributed by atoms with van der Waals surface area (Å²) in [5.74, 6) is 1.55.